The Hall–Kier alpha value is -4.45. The molecule has 6 heteroatoms. The highest BCUT2D eigenvalue weighted by Gasteiger charge is 2.19. The first-order valence-electron chi connectivity index (χ1n) is 25.8. The van der Waals surface area contributed by atoms with Crippen molar-refractivity contribution < 1.29 is 28.6 Å². The lowest BCUT2D eigenvalue weighted by molar-refractivity contribution is -0.167. The summed E-state index contributed by atoms with van der Waals surface area (Å²) >= 11 is 0. The molecule has 0 radical (unpaired) electrons. The highest BCUT2D eigenvalue weighted by Crippen LogP contribution is 2.13. The van der Waals surface area contributed by atoms with Crippen molar-refractivity contribution in [2.75, 3.05) is 13.2 Å². The van der Waals surface area contributed by atoms with E-state index in [4.69, 9.17) is 14.2 Å². The molecule has 0 aliphatic rings. The van der Waals surface area contributed by atoms with Gasteiger partial charge in [0, 0.05) is 19.3 Å². The second kappa shape index (κ2) is 52.2. The summed E-state index contributed by atoms with van der Waals surface area (Å²) in [6.07, 6.45) is 73.1. The van der Waals surface area contributed by atoms with Gasteiger partial charge in [-0.25, -0.2) is 0 Å². The van der Waals surface area contributed by atoms with Crippen molar-refractivity contribution in [3.8, 4) is 0 Å². The monoisotopic (exact) mass is 897 g/mol. The maximum absolute atomic E-state index is 12.8. The number of unbranched alkanes of at least 4 members (excludes halogenated alkanes) is 15. The van der Waals surface area contributed by atoms with Crippen LogP contribution in [-0.2, 0) is 28.6 Å². The summed E-state index contributed by atoms with van der Waals surface area (Å²) in [6.45, 7) is 6.24. The van der Waals surface area contributed by atoms with Crippen molar-refractivity contribution in [2.24, 2.45) is 0 Å². The first-order valence-corrected chi connectivity index (χ1v) is 25.8. The zero-order valence-corrected chi connectivity index (χ0v) is 41.4. The van der Waals surface area contributed by atoms with Gasteiger partial charge in [0.25, 0.3) is 0 Å². The quantitative estimate of drug-likeness (QED) is 0.0199. The minimum atomic E-state index is -0.836. The van der Waals surface area contributed by atoms with Crippen LogP contribution in [0.3, 0.4) is 0 Å². The smallest absolute Gasteiger partial charge is 0.306 e. The fourth-order valence-electron chi connectivity index (χ4n) is 6.44. The lowest BCUT2D eigenvalue weighted by Crippen LogP contribution is -2.30. The Bertz CT molecular complexity index is 1450. The van der Waals surface area contributed by atoms with E-state index in [1.807, 2.05) is 54.7 Å². The van der Waals surface area contributed by atoms with Gasteiger partial charge in [-0.1, -0.05) is 219 Å². The molecule has 0 aliphatic heterocycles. The first kappa shape index (κ1) is 60.6. The number of ether oxygens (including phenoxy) is 3. The summed E-state index contributed by atoms with van der Waals surface area (Å²) in [6, 6.07) is 0. The Morgan fingerprint density at radius 1 is 0.338 bits per heavy atom. The zero-order chi connectivity index (χ0) is 47.2. The third-order valence-electron chi connectivity index (χ3n) is 10.2. The van der Waals surface area contributed by atoms with Crippen LogP contribution < -0.4 is 0 Å². The molecule has 65 heavy (non-hydrogen) atoms. The Morgan fingerprint density at radius 3 is 1.18 bits per heavy atom. The number of esters is 3. The molecule has 0 saturated carbocycles. The van der Waals surface area contributed by atoms with Crippen LogP contribution in [0.15, 0.2) is 134 Å². The lowest BCUT2D eigenvalue weighted by atomic mass is 10.1. The van der Waals surface area contributed by atoms with Crippen LogP contribution in [0.5, 0.6) is 0 Å². The molecular weight excluding hydrogens is 805 g/mol. The molecular formula is C59H92O6. The second-order valence-electron chi connectivity index (χ2n) is 16.4. The van der Waals surface area contributed by atoms with Gasteiger partial charge >= 0.3 is 17.9 Å². The third-order valence-corrected chi connectivity index (χ3v) is 10.2. The molecule has 364 valence electrons. The molecule has 0 saturated heterocycles. The topological polar surface area (TPSA) is 78.9 Å². The van der Waals surface area contributed by atoms with Crippen LogP contribution in [0.1, 0.15) is 201 Å². The van der Waals surface area contributed by atoms with Gasteiger partial charge in [-0.05, 0) is 96.3 Å². The molecule has 1 unspecified atom stereocenters. The normalized spacial score (nSPS) is 13.2. The van der Waals surface area contributed by atoms with E-state index in [2.05, 4.69) is 99.8 Å². The minimum Gasteiger partial charge on any atom is -0.462 e. The van der Waals surface area contributed by atoms with Crippen LogP contribution >= 0.6 is 0 Å². The standard InChI is InChI=1S/C59H92O6/c1-4-7-10-13-16-19-22-25-27-29-31-34-37-40-43-46-49-52-58(61)64-55-56(54-63-57(60)51-48-45-42-39-36-33-24-21-18-15-12-9-6-3)65-59(62)53-50-47-44-41-38-35-32-30-28-26-23-20-17-14-11-8-5-2/h7,9-10,12,15-16,18-19,21,24-28,31,33-34,36,39-40,42-43,56H,4-6,8,11,13-14,17,20,22-23,29-30,32,35,37-38,41,44-55H2,1-3H3/b10-7-,12-9-,18-15-,19-16-,24-21-,27-25-,28-26-,34-31-,36-33-,42-39-,43-40-. The minimum absolute atomic E-state index is 0.136. The lowest BCUT2D eigenvalue weighted by Gasteiger charge is -2.18. The average molecular weight is 897 g/mol. The number of hydrogen-bond acceptors (Lipinski definition) is 6. The molecule has 0 spiro atoms. The van der Waals surface area contributed by atoms with Gasteiger partial charge in [0.15, 0.2) is 6.10 Å². The van der Waals surface area contributed by atoms with Gasteiger partial charge in [0.1, 0.15) is 13.2 Å². The molecule has 0 aromatic rings. The Labute approximate surface area is 398 Å². The molecule has 1 atom stereocenters. The second-order valence-corrected chi connectivity index (χ2v) is 16.4. The highest BCUT2D eigenvalue weighted by atomic mass is 16.6. The van der Waals surface area contributed by atoms with Crippen molar-refractivity contribution >= 4 is 17.9 Å². The van der Waals surface area contributed by atoms with E-state index in [1.165, 1.54) is 77.0 Å². The number of rotatable bonds is 44. The Balaban J connectivity index is 4.59. The Morgan fingerprint density at radius 2 is 0.692 bits per heavy atom. The fraction of sp³-hybridized carbons (Fsp3) is 0.576. The van der Waals surface area contributed by atoms with Gasteiger partial charge in [-0.3, -0.25) is 14.4 Å². The summed E-state index contributed by atoms with van der Waals surface area (Å²) < 4.78 is 16.7. The predicted octanol–water partition coefficient (Wildman–Crippen LogP) is 17.1. The SMILES string of the molecule is CC\C=C/C=C\C=C/C=C\C=C/CCCC(=O)OCC(COC(=O)CCC/C=C\C/C=C\C/C=C\C/C=C\C/C=C\CC)OC(=O)CCCCCCCCC/C=C\CCCCCCCC. The van der Waals surface area contributed by atoms with Crippen molar-refractivity contribution in [2.45, 2.75) is 207 Å². The Kier molecular flexibility index (Phi) is 48.6. The number of allylic oxidation sites excluding steroid dienone is 22. The third kappa shape index (κ3) is 50.4. The van der Waals surface area contributed by atoms with Crippen LogP contribution in [0.4, 0.5) is 0 Å². The number of hydrogen-bond donors (Lipinski definition) is 0. The van der Waals surface area contributed by atoms with Crippen LogP contribution in [0.25, 0.3) is 0 Å². The van der Waals surface area contributed by atoms with Gasteiger partial charge < -0.3 is 14.2 Å². The van der Waals surface area contributed by atoms with Crippen molar-refractivity contribution in [1.29, 1.82) is 0 Å². The van der Waals surface area contributed by atoms with Gasteiger partial charge in [0.2, 0.25) is 0 Å². The summed E-state index contributed by atoms with van der Waals surface area (Å²) in [5.74, 6) is -1.08. The molecule has 0 aromatic carbocycles. The molecule has 0 fully saturated rings. The van der Waals surface area contributed by atoms with E-state index >= 15 is 0 Å². The first-order chi connectivity index (χ1) is 32.0. The zero-order valence-electron chi connectivity index (χ0n) is 41.4. The fourth-order valence-corrected chi connectivity index (χ4v) is 6.44. The number of carbonyl (C=O) groups is 3. The molecule has 0 rings (SSSR count). The van der Waals surface area contributed by atoms with Crippen LogP contribution in [-0.4, -0.2) is 37.2 Å². The average Bonchev–Trinajstić information content (AvgIpc) is 3.30. The predicted molar refractivity (Wildman–Crippen MR) is 279 cm³/mol. The molecule has 6 nitrogen and oxygen atoms in total. The van der Waals surface area contributed by atoms with Crippen LogP contribution in [0, 0.1) is 0 Å². The van der Waals surface area contributed by atoms with E-state index in [-0.39, 0.29) is 44.0 Å². The molecule has 0 aliphatic carbocycles. The van der Waals surface area contributed by atoms with Gasteiger partial charge in [-0.2, -0.15) is 0 Å². The molecule has 0 bridgehead atoms. The van der Waals surface area contributed by atoms with E-state index in [1.54, 1.807) is 0 Å². The number of carbonyl (C=O) groups excluding carboxylic acids is 3. The molecule has 0 aromatic heterocycles. The van der Waals surface area contributed by atoms with Crippen molar-refractivity contribution in [1.82, 2.24) is 0 Å². The summed E-state index contributed by atoms with van der Waals surface area (Å²) in [4.78, 5) is 37.9. The van der Waals surface area contributed by atoms with E-state index in [0.29, 0.717) is 19.3 Å². The molecule has 0 heterocycles. The largest absolute Gasteiger partial charge is 0.462 e. The van der Waals surface area contributed by atoms with E-state index in [0.717, 1.165) is 70.6 Å². The molecule has 0 N–H and O–H groups in total. The van der Waals surface area contributed by atoms with Gasteiger partial charge in [-0.15, -0.1) is 0 Å². The van der Waals surface area contributed by atoms with Gasteiger partial charge in [0.05, 0.1) is 0 Å². The van der Waals surface area contributed by atoms with Crippen molar-refractivity contribution in [3.63, 3.8) is 0 Å². The summed E-state index contributed by atoms with van der Waals surface area (Å²) in [5.41, 5.74) is 0. The maximum atomic E-state index is 12.8. The highest BCUT2D eigenvalue weighted by molar-refractivity contribution is 5.71. The van der Waals surface area contributed by atoms with E-state index < -0.39 is 6.10 Å². The van der Waals surface area contributed by atoms with E-state index in [9.17, 15) is 14.4 Å². The summed E-state index contributed by atoms with van der Waals surface area (Å²) in [5, 5.41) is 0. The van der Waals surface area contributed by atoms with Crippen molar-refractivity contribution in [3.05, 3.63) is 134 Å². The maximum Gasteiger partial charge on any atom is 0.306 e. The summed E-state index contributed by atoms with van der Waals surface area (Å²) in [7, 11) is 0. The van der Waals surface area contributed by atoms with Crippen LogP contribution in [0.2, 0.25) is 0 Å². The molecule has 0 amide bonds.